The first-order valence-electron chi connectivity index (χ1n) is 10.8. The van der Waals surface area contributed by atoms with Crippen molar-refractivity contribution in [1.82, 2.24) is 4.90 Å². The van der Waals surface area contributed by atoms with E-state index in [-0.39, 0.29) is 24.7 Å². The largest absolute Gasteiger partial charge is 0.493 e. The van der Waals surface area contributed by atoms with Crippen LogP contribution < -0.4 is 14.4 Å². The lowest BCUT2D eigenvalue weighted by molar-refractivity contribution is -0.145. The summed E-state index contributed by atoms with van der Waals surface area (Å²) in [7, 11) is 1.48. The number of rotatable bonds is 8. The minimum Gasteiger partial charge on any atom is -0.493 e. The maximum Gasteiger partial charge on any atom is 0.344 e. The number of carbonyl (C=O) groups excluding carboxylic acids is 2. The Labute approximate surface area is 212 Å². The summed E-state index contributed by atoms with van der Waals surface area (Å²) in [5, 5.41) is 9.68. The summed E-state index contributed by atoms with van der Waals surface area (Å²) in [5.74, 6) is 0.0136. The Morgan fingerprint density at radius 2 is 1.85 bits per heavy atom. The molecular formula is C25H26IN3O5. The minimum atomic E-state index is -0.478. The van der Waals surface area contributed by atoms with Gasteiger partial charge in [0.25, 0.3) is 5.91 Å². The fraction of sp³-hybridized carbons (Fsp3) is 0.320. The second kappa shape index (κ2) is 12.3. The van der Waals surface area contributed by atoms with Crippen molar-refractivity contribution in [2.75, 3.05) is 51.4 Å². The lowest BCUT2D eigenvalue weighted by Gasteiger charge is -2.36. The standard InChI is InChI=1S/C25H26IN3O5/c1-3-33-23(30)17-34-24-21(26)14-18(15-22(24)32-2)13-19(16-27)25(31)29-11-9-28(10-12-29)20-7-5-4-6-8-20/h4-8,13-15H,3,9-12,17H2,1-2H3/b19-13-. The Kier molecular flexibility index (Phi) is 9.16. The summed E-state index contributed by atoms with van der Waals surface area (Å²) < 4.78 is 16.5. The molecule has 1 aliphatic heterocycles. The van der Waals surface area contributed by atoms with E-state index in [1.807, 2.05) is 36.4 Å². The van der Waals surface area contributed by atoms with E-state index in [0.717, 1.165) is 5.69 Å². The molecule has 0 aromatic heterocycles. The predicted octanol–water partition coefficient (Wildman–Crippen LogP) is 3.50. The zero-order chi connectivity index (χ0) is 24.5. The number of halogens is 1. The molecule has 1 amide bonds. The Bertz CT molecular complexity index is 1090. The molecular weight excluding hydrogens is 549 g/mol. The monoisotopic (exact) mass is 575 g/mol. The average molecular weight is 575 g/mol. The number of piperazine rings is 1. The first kappa shape index (κ1) is 25.4. The summed E-state index contributed by atoms with van der Waals surface area (Å²) in [6.45, 7) is 4.22. The SMILES string of the molecule is CCOC(=O)COc1c(I)cc(/C=C(/C#N)C(=O)N2CCN(c3ccccc3)CC2)cc1OC. The van der Waals surface area contributed by atoms with Gasteiger partial charge in [0.05, 0.1) is 17.3 Å². The van der Waals surface area contributed by atoms with E-state index in [1.165, 1.54) is 7.11 Å². The summed E-state index contributed by atoms with van der Waals surface area (Å²) in [5.41, 5.74) is 1.79. The number of hydrogen-bond donors (Lipinski definition) is 0. The molecule has 2 aromatic carbocycles. The van der Waals surface area contributed by atoms with E-state index >= 15 is 0 Å². The third-order valence-corrected chi connectivity index (χ3v) is 6.04. The second-order valence-electron chi connectivity index (χ2n) is 7.41. The Hall–Kier alpha value is -3.26. The number of nitriles is 1. The molecule has 1 fully saturated rings. The van der Waals surface area contributed by atoms with Gasteiger partial charge in [0.15, 0.2) is 18.1 Å². The van der Waals surface area contributed by atoms with Gasteiger partial charge >= 0.3 is 5.97 Å². The molecule has 34 heavy (non-hydrogen) atoms. The van der Waals surface area contributed by atoms with E-state index < -0.39 is 5.97 Å². The third-order valence-electron chi connectivity index (χ3n) is 5.24. The highest BCUT2D eigenvalue weighted by Gasteiger charge is 2.24. The fourth-order valence-electron chi connectivity index (χ4n) is 3.58. The number of hydrogen-bond acceptors (Lipinski definition) is 7. The number of carbonyl (C=O) groups is 2. The maximum absolute atomic E-state index is 13.0. The van der Waals surface area contributed by atoms with Crippen molar-refractivity contribution in [2.45, 2.75) is 6.92 Å². The lowest BCUT2D eigenvalue weighted by atomic mass is 10.1. The highest BCUT2D eigenvalue weighted by atomic mass is 127. The normalized spacial score (nSPS) is 13.8. The number of methoxy groups -OCH3 is 1. The molecule has 0 radical (unpaired) electrons. The van der Waals surface area contributed by atoms with Gasteiger partial charge in [-0.05, 0) is 65.4 Å². The van der Waals surface area contributed by atoms with E-state index in [0.29, 0.717) is 46.8 Å². The quantitative estimate of drug-likeness (QED) is 0.206. The highest BCUT2D eigenvalue weighted by Crippen LogP contribution is 2.34. The van der Waals surface area contributed by atoms with Crippen LogP contribution in [0.1, 0.15) is 12.5 Å². The predicted molar refractivity (Wildman–Crippen MR) is 137 cm³/mol. The van der Waals surface area contributed by atoms with Gasteiger partial charge in [-0.15, -0.1) is 0 Å². The van der Waals surface area contributed by atoms with Crippen LogP contribution in [0.3, 0.4) is 0 Å². The van der Waals surface area contributed by atoms with Crippen LogP contribution >= 0.6 is 22.6 Å². The summed E-state index contributed by atoms with van der Waals surface area (Å²) in [6.07, 6.45) is 1.55. The van der Waals surface area contributed by atoms with Gasteiger partial charge in [-0.25, -0.2) is 4.79 Å². The van der Waals surface area contributed by atoms with Crippen molar-refractivity contribution in [1.29, 1.82) is 5.26 Å². The summed E-state index contributed by atoms with van der Waals surface area (Å²) >= 11 is 2.06. The molecule has 0 aliphatic carbocycles. The van der Waals surface area contributed by atoms with Gasteiger partial charge in [0, 0.05) is 31.9 Å². The van der Waals surface area contributed by atoms with E-state index in [4.69, 9.17) is 14.2 Å². The van der Waals surface area contributed by atoms with Crippen LogP contribution in [0.25, 0.3) is 6.08 Å². The van der Waals surface area contributed by atoms with E-state index in [2.05, 4.69) is 27.5 Å². The van der Waals surface area contributed by atoms with Gasteiger partial charge in [-0.3, -0.25) is 4.79 Å². The van der Waals surface area contributed by atoms with Gasteiger partial charge in [0.1, 0.15) is 11.6 Å². The van der Waals surface area contributed by atoms with Crippen LogP contribution in [0.2, 0.25) is 0 Å². The number of esters is 1. The van der Waals surface area contributed by atoms with E-state index in [9.17, 15) is 14.9 Å². The number of ether oxygens (including phenoxy) is 3. The molecule has 1 aliphatic rings. The summed E-state index contributed by atoms with van der Waals surface area (Å²) in [6, 6.07) is 15.5. The minimum absolute atomic E-state index is 0.0474. The molecule has 0 spiro atoms. The molecule has 1 saturated heterocycles. The molecule has 0 bridgehead atoms. The van der Waals surface area contributed by atoms with Crippen molar-refractivity contribution in [3.63, 3.8) is 0 Å². The zero-order valence-electron chi connectivity index (χ0n) is 19.1. The fourth-order valence-corrected chi connectivity index (χ4v) is 4.36. The Morgan fingerprint density at radius 3 is 2.47 bits per heavy atom. The van der Waals surface area contributed by atoms with Crippen molar-refractivity contribution < 1.29 is 23.8 Å². The van der Waals surface area contributed by atoms with Crippen LogP contribution in [-0.2, 0) is 14.3 Å². The zero-order valence-corrected chi connectivity index (χ0v) is 21.3. The Balaban J connectivity index is 1.72. The Morgan fingerprint density at radius 1 is 1.15 bits per heavy atom. The number of amides is 1. The molecule has 3 rings (SSSR count). The molecule has 9 heteroatoms. The molecule has 0 saturated carbocycles. The molecule has 8 nitrogen and oxygen atoms in total. The molecule has 0 N–H and O–H groups in total. The van der Waals surface area contributed by atoms with Crippen LogP contribution in [0, 0.1) is 14.9 Å². The van der Waals surface area contributed by atoms with Crippen LogP contribution in [0.5, 0.6) is 11.5 Å². The smallest absolute Gasteiger partial charge is 0.344 e. The van der Waals surface area contributed by atoms with Crippen LogP contribution in [0.4, 0.5) is 5.69 Å². The van der Waals surface area contributed by atoms with Crippen LogP contribution in [-0.4, -0.2) is 63.3 Å². The number of nitrogens with zero attached hydrogens (tertiary/aromatic N) is 3. The molecule has 2 aromatic rings. The van der Waals surface area contributed by atoms with Crippen molar-refractivity contribution in [3.8, 4) is 17.6 Å². The lowest BCUT2D eigenvalue weighted by Crippen LogP contribution is -2.49. The van der Waals surface area contributed by atoms with Gasteiger partial charge in [-0.2, -0.15) is 5.26 Å². The van der Waals surface area contributed by atoms with Crippen LogP contribution in [0.15, 0.2) is 48.0 Å². The van der Waals surface area contributed by atoms with Gasteiger partial charge in [-0.1, -0.05) is 18.2 Å². The van der Waals surface area contributed by atoms with E-state index in [1.54, 1.807) is 30.0 Å². The third kappa shape index (κ3) is 6.41. The van der Waals surface area contributed by atoms with Crippen molar-refractivity contribution in [3.05, 3.63) is 57.2 Å². The molecule has 0 unspecified atom stereocenters. The topological polar surface area (TPSA) is 92.1 Å². The first-order chi connectivity index (χ1) is 16.5. The number of benzene rings is 2. The number of para-hydroxylation sites is 1. The number of anilines is 1. The molecule has 0 atom stereocenters. The van der Waals surface area contributed by atoms with Gasteiger partial charge in [0.2, 0.25) is 0 Å². The van der Waals surface area contributed by atoms with Crippen molar-refractivity contribution >= 4 is 46.2 Å². The molecule has 178 valence electrons. The molecule has 1 heterocycles. The first-order valence-corrected chi connectivity index (χ1v) is 11.9. The highest BCUT2D eigenvalue weighted by molar-refractivity contribution is 14.1. The van der Waals surface area contributed by atoms with Crippen molar-refractivity contribution in [2.24, 2.45) is 0 Å². The maximum atomic E-state index is 13.0. The second-order valence-corrected chi connectivity index (χ2v) is 8.57. The summed E-state index contributed by atoms with van der Waals surface area (Å²) in [4.78, 5) is 28.6. The average Bonchev–Trinajstić information content (AvgIpc) is 2.86. The van der Waals surface area contributed by atoms with Gasteiger partial charge < -0.3 is 24.0 Å².